The quantitative estimate of drug-likeness (QED) is 0.268. The summed E-state index contributed by atoms with van der Waals surface area (Å²) in [4.78, 5) is 0. The molecule has 8 unspecified atom stereocenters. The average Bonchev–Trinajstić information content (AvgIpc) is 2.47. The molecule has 2 aliphatic heterocycles. The molecule has 2 rings (SSSR count). The normalized spacial score (nSPS) is 51.9. The smallest absolute Gasteiger partial charge is 0.187 e. The number of hydrogen-bond acceptors (Lipinski definition) is 10. The van der Waals surface area contributed by atoms with Gasteiger partial charge in [0, 0.05) is 0 Å². The van der Waals surface area contributed by atoms with Crippen molar-refractivity contribution >= 4 is 0 Å². The van der Waals surface area contributed by atoms with Gasteiger partial charge in [-0.15, -0.1) is 0 Å². The maximum Gasteiger partial charge on any atom is 0.187 e. The van der Waals surface area contributed by atoms with Crippen LogP contribution >= 0.6 is 0 Å². The van der Waals surface area contributed by atoms with E-state index in [-0.39, 0.29) is 6.61 Å². The van der Waals surface area contributed by atoms with E-state index < -0.39 is 61.9 Å². The maximum atomic E-state index is 9.78. The van der Waals surface area contributed by atoms with Crippen molar-refractivity contribution in [1.29, 1.82) is 0 Å². The van der Waals surface area contributed by atoms with E-state index in [1.807, 2.05) is 0 Å². The zero-order chi connectivity index (χ0) is 15.7. The van der Waals surface area contributed by atoms with Crippen LogP contribution in [0.1, 0.15) is 0 Å². The average molecular weight is 312 g/mol. The first-order chi connectivity index (χ1) is 9.86. The highest BCUT2D eigenvalue weighted by Gasteiger charge is 2.48. The van der Waals surface area contributed by atoms with E-state index in [0.29, 0.717) is 0 Å². The first kappa shape index (κ1) is 17.0. The molecule has 124 valence electrons. The summed E-state index contributed by atoms with van der Waals surface area (Å²) >= 11 is 0. The molecule has 0 saturated carbocycles. The van der Waals surface area contributed by atoms with Crippen molar-refractivity contribution < 1.29 is 50.0 Å². The molecule has 0 bridgehead atoms. The topological polar surface area (TPSA) is 169 Å². The van der Waals surface area contributed by atoms with Crippen LogP contribution in [0.15, 0.2) is 0 Å². The van der Waals surface area contributed by atoms with Gasteiger partial charge in [0.05, 0.1) is 13.2 Å². The molecule has 2 fully saturated rings. The summed E-state index contributed by atoms with van der Waals surface area (Å²) < 4.78 is 15.0. The molecule has 0 amide bonds. The first-order valence-electron chi connectivity index (χ1n) is 6.48. The van der Waals surface area contributed by atoms with Crippen LogP contribution in [0.5, 0.6) is 0 Å². The molecular formula is C11H20O10. The molecule has 2 aliphatic rings. The number of aliphatic hydroxyl groups is 7. The minimum atomic E-state index is -1.68. The van der Waals surface area contributed by atoms with Gasteiger partial charge in [-0.05, 0) is 0 Å². The lowest BCUT2D eigenvalue weighted by Gasteiger charge is -2.43. The van der Waals surface area contributed by atoms with Gasteiger partial charge in [0.25, 0.3) is 0 Å². The van der Waals surface area contributed by atoms with Crippen LogP contribution in [-0.2, 0) is 14.2 Å². The molecule has 0 aromatic heterocycles. The van der Waals surface area contributed by atoms with Crippen molar-refractivity contribution in [3.63, 3.8) is 0 Å². The lowest BCUT2D eigenvalue weighted by Crippen LogP contribution is -2.62. The summed E-state index contributed by atoms with van der Waals surface area (Å²) in [6.45, 7) is -0.934. The largest absolute Gasteiger partial charge is 0.394 e. The van der Waals surface area contributed by atoms with Gasteiger partial charge in [-0.2, -0.15) is 0 Å². The van der Waals surface area contributed by atoms with Crippen molar-refractivity contribution in [2.24, 2.45) is 0 Å². The van der Waals surface area contributed by atoms with E-state index in [9.17, 15) is 30.6 Å². The summed E-state index contributed by atoms with van der Waals surface area (Å²) in [6, 6.07) is 0. The van der Waals surface area contributed by atoms with Crippen molar-refractivity contribution in [3.05, 3.63) is 0 Å². The molecule has 21 heavy (non-hydrogen) atoms. The zero-order valence-electron chi connectivity index (χ0n) is 11.0. The third kappa shape index (κ3) is 3.35. The van der Waals surface area contributed by atoms with Gasteiger partial charge in [-0.1, -0.05) is 0 Å². The number of rotatable bonds is 3. The van der Waals surface area contributed by atoms with Gasteiger partial charge in [-0.3, -0.25) is 0 Å². The number of aliphatic hydroxyl groups excluding tert-OH is 7. The van der Waals surface area contributed by atoms with Crippen LogP contribution < -0.4 is 0 Å². The Balaban J connectivity index is 2.06. The van der Waals surface area contributed by atoms with Crippen LogP contribution in [0.4, 0.5) is 0 Å². The Bertz CT molecular complexity index is 339. The number of ether oxygens (including phenoxy) is 3. The lowest BCUT2D eigenvalue weighted by molar-refractivity contribution is -0.352. The molecule has 0 aromatic carbocycles. The van der Waals surface area contributed by atoms with Crippen molar-refractivity contribution in [2.45, 2.75) is 55.3 Å². The molecule has 9 atom stereocenters. The SMILES string of the molecule is OCC1OC(OC2C(O)OCC(O)C2O)[C@@H](O)C(O)C1O. The Morgan fingerprint density at radius 2 is 1.57 bits per heavy atom. The summed E-state index contributed by atoms with van der Waals surface area (Å²) in [7, 11) is 0. The molecule has 2 saturated heterocycles. The van der Waals surface area contributed by atoms with Crippen molar-refractivity contribution in [1.82, 2.24) is 0 Å². The van der Waals surface area contributed by atoms with Crippen molar-refractivity contribution in [3.8, 4) is 0 Å². The van der Waals surface area contributed by atoms with Gasteiger partial charge in [-0.25, -0.2) is 0 Å². The standard InChI is InChI=1S/C11H20O10/c12-1-4-6(15)7(16)8(17)11(20-4)21-9-5(14)3(13)2-19-10(9)18/h3-18H,1-2H2/t3?,4?,5?,6?,7?,8-,9?,10?,11?/m0/s1. The molecule has 2 heterocycles. The highest BCUT2D eigenvalue weighted by Crippen LogP contribution is 2.26. The predicted molar refractivity (Wildman–Crippen MR) is 62.6 cm³/mol. The minimum Gasteiger partial charge on any atom is -0.394 e. The fourth-order valence-corrected chi connectivity index (χ4v) is 2.26. The van der Waals surface area contributed by atoms with Gasteiger partial charge >= 0.3 is 0 Å². The molecule has 0 aromatic rings. The molecule has 0 radical (unpaired) electrons. The second-order valence-electron chi connectivity index (χ2n) is 5.08. The Morgan fingerprint density at radius 1 is 0.905 bits per heavy atom. The van der Waals surface area contributed by atoms with Gasteiger partial charge < -0.3 is 50.0 Å². The highest BCUT2D eigenvalue weighted by molar-refractivity contribution is 4.91. The van der Waals surface area contributed by atoms with Gasteiger partial charge in [0.1, 0.15) is 42.7 Å². The summed E-state index contributed by atoms with van der Waals surface area (Å²) in [5.41, 5.74) is 0. The van der Waals surface area contributed by atoms with Crippen LogP contribution in [-0.4, -0.2) is 104 Å². The summed E-state index contributed by atoms with van der Waals surface area (Å²) in [5, 5.41) is 66.8. The number of hydrogen-bond donors (Lipinski definition) is 7. The third-order valence-electron chi connectivity index (χ3n) is 3.59. The minimum absolute atomic E-state index is 0.295. The Hall–Kier alpha value is -0.400. The van der Waals surface area contributed by atoms with Gasteiger partial charge in [0.2, 0.25) is 0 Å². The monoisotopic (exact) mass is 312 g/mol. The fraction of sp³-hybridized carbons (Fsp3) is 1.00. The second kappa shape index (κ2) is 6.79. The maximum absolute atomic E-state index is 9.78. The fourth-order valence-electron chi connectivity index (χ4n) is 2.26. The van der Waals surface area contributed by atoms with E-state index in [1.54, 1.807) is 0 Å². The van der Waals surface area contributed by atoms with Gasteiger partial charge in [0.15, 0.2) is 12.6 Å². The highest BCUT2D eigenvalue weighted by atomic mass is 16.7. The molecule has 0 spiro atoms. The molecular weight excluding hydrogens is 292 g/mol. The van der Waals surface area contributed by atoms with E-state index in [1.165, 1.54) is 0 Å². The third-order valence-corrected chi connectivity index (χ3v) is 3.59. The molecule has 10 heteroatoms. The molecule has 10 nitrogen and oxygen atoms in total. The zero-order valence-corrected chi connectivity index (χ0v) is 11.0. The summed E-state index contributed by atoms with van der Waals surface area (Å²) in [5.74, 6) is 0. The van der Waals surface area contributed by atoms with E-state index in [0.717, 1.165) is 0 Å². The Labute approximate surface area is 119 Å². The van der Waals surface area contributed by atoms with Crippen LogP contribution in [0.25, 0.3) is 0 Å². The van der Waals surface area contributed by atoms with Crippen LogP contribution in [0, 0.1) is 0 Å². The van der Waals surface area contributed by atoms with Crippen LogP contribution in [0.2, 0.25) is 0 Å². The first-order valence-corrected chi connectivity index (χ1v) is 6.48. The summed E-state index contributed by atoms with van der Waals surface area (Å²) in [6.07, 6.45) is -13.4. The van der Waals surface area contributed by atoms with E-state index in [4.69, 9.17) is 19.3 Å². The van der Waals surface area contributed by atoms with Crippen LogP contribution in [0.3, 0.4) is 0 Å². The van der Waals surface area contributed by atoms with Crippen molar-refractivity contribution in [2.75, 3.05) is 13.2 Å². The molecule has 7 N–H and O–H groups in total. The Morgan fingerprint density at radius 3 is 2.19 bits per heavy atom. The van der Waals surface area contributed by atoms with E-state index >= 15 is 0 Å². The lowest BCUT2D eigenvalue weighted by atomic mass is 9.99. The van der Waals surface area contributed by atoms with E-state index in [2.05, 4.69) is 0 Å². The Kier molecular flexibility index (Phi) is 5.48. The molecule has 0 aliphatic carbocycles. The second-order valence-corrected chi connectivity index (χ2v) is 5.08. The predicted octanol–water partition coefficient (Wildman–Crippen LogP) is -4.76.